The van der Waals surface area contributed by atoms with Gasteiger partial charge in [-0.1, -0.05) is 30.3 Å². The standard InChI is InChI=1S/C12H11NO2/c13-12(14)11-8-10(6-7-15-11)9-4-2-1-3-5-9/h1-6,8H,7H2,(H2,13,14). The van der Waals surface area contributed by atoms with Crippen LogP contribution in [-0.2, 0) is 9.53 Å². The van der Waals surface area contributed by atoms with Crippen molar-refractivity contribution in [2.45, 2.75) is 0 Å². The maximum absolute atomic E-state index is 10.9. The van der Waals surface area contributed by atoms with Gasteiger partial charge in [0.15, 0.2) is 5.76 Å². The molecule has 1 aromatic rings. The number of amides is 1. The van der Waals surface area contributed by atoms with Crippen LogP contribution in [0.4, 0.5) is 0 Å². The van der Waals surface area contributed by atoms with Crippen molar-refractivity contribution in [2.75, 3.05) is 6.61 Å². The fraction of sp³-hybridized carbons (Fsp3) is 0.0833. The van der Waals surface area contributed by atoms with E-state index in [4.69, 9.17) is 10.5 Å². The summed E-state index contributed by atoms with van der Waals surface area (Å²) in [6, 6.07) is 9.80. The van der Waals surface area contributed by atoms with E-state index in [1.165, 1.54) is 0 Å². The molecule has 76 valence electrons. The fourth-order valence-electron chi connectivity index (χ4n) is 1.44. The first-order valence-electron chi connectivity index (χ1n) is 4.67. The van der Waals surface area contributed by atoms with Crippen LogP contribution in [0.2, 0.25) is 0 Å². The highest BCUT2D eigenvalue weighted by Crippen LogP contribution is 2.20. The van der Waals surface area contributed by atoms with Gasteiger partial charge in [-0.15, -0.1) is 0 Å². The molecule has 0 saturated heterocycles. The third kappa shape index (κ3) is 2.07. The maximum Gasteiger partial charge on any atom is 0.283 e. The van der Waals surface area contributed by atoms with Gasteiger partial charge >= 0.3 is 0 Å². The lowest BCUT2D eigenvalue weighted by Gasteiger charge is -2.13. The molecule has 0 saturated carbocycles. The Morgan fingerprint density at radius 2 is 2.00 bits per heavy atom. The summed E-state index contributed by atoms with van der Waals surface area (Å²) in [7, 11) is 0. The Kier molecular flexibility index (Phi) is 2.54. The molecule has 1 heterocycles. The summed E-state index contributed by atoms with van der Waals surface area (Å²) >= 11 is 0. The summed E-state index contributed by atoms with van der Waals surface area (Å²) in [5.74, 6) is -0.312. The van der Waals surface area contributed by atoms with E-state index < -0.39 is 5.91 Å². The molecule has 2 N–H and O–H groups in total. The SMILES string of the molecule is NC(=O)C1=CC(c2ccccc2)=CCO1. The molecule has 3 heteroatoms. The van der Waals surface area contributed by atoms with Gasteiger partial charge in [0, 0.05) is 0 Å². The Hall–Kier alpha value is -2.03. The van der Waals surface area contributed by atoms with Crippen molar-refractivity contribution in [1.29, 1.82) is 0 Å². The molecule has 1 aliphatic rings. The zero-order chi connectivity index (χ0) is 10.7. The third-order valence-electron chi connectivity index (χ3n) is 2.18. The lowest BCUT2D eigenvalue weighted by molar-refractivity contribution is -0.117. The van der Waals surface area contributed by atoms with Gasteiger partial charge in [-0.05, 0) is 23.3 Å². The highest BCUT2D eigenvalue weighted by molar-refractivity contribution is 5.94. The number of carbonyl (C=O) groups is 1. The van der Waals surface area contributed by atoms with E-state index in [1.54, 1.807) is 6.08 Å². The highest BCUT2D eigenvalue weighted by Gasteiger charge is 2.11. The van der Waals surface area contributed by atoms with Crippen LogP contribution in [0.25, 0.3) is 5.57 Å². The van der Waals surface area contributed by atoms with Gasteiger partial charge in [0.05, 0.1) is 0 Å². The predicted molar refractivity (Wildman–Crippen MR) is 57.6 cm³/mol. The van der Waals surface area contributed by atoms with E-state index in [-0.39, 0.29) is 5.76 Å². The van der Waals surface area contributed by atoms with Gasteiger partial charge in [-0.2, -0.15) is 0 Å². The zero-order valence-corrected chi connectivity index (χ0v) is 8.14. The number of nitrogens with two attached hydrogens (primary N) is 1. The van der Waals surface area contributed by atoms with Gasteiger partial charge < -0.3 is 10.5 Å². The maximum atomic E-state index is 10.9. The molecule has 0 spiro atoms. The minimum absolute atomic E-state index is 0.219. The molecule has 1 amide bonds. The number of benzene rings is 1. The predicted octanol–water partition coefficient (Wildman–Crippen LogP) is 1.47. The quantitative estimate of drug-likeness (QED) is 0.787. The normalized spacial score (nSPS) is 14.9. The van der Waals surface area contributed by atoms with Crippen molar-refractivity contribution >= 4 is 11.5 Å². The summed E-state index contributed by atoms with van der Waals surface area (Å²) in [5, 5.41) is 0. The summed E-state index contributed by atoms with van der Waals surface area (Å²) in [5.41, 5.74) is 7.17. The van der Waals surface area contributed by atoms with Gasteiger partial charge in [-0.25, -0.2) is 0 Å². The van der Waals surface area contributed by atoms with Crippen molar-refractivity contribution < 1.29 is 9.53 Å². The van der Waals surface area contributed by atoms with Crippen molar-refractivity contribution in [3.8, 4) is 0 Å². The minimum Gasteiger partial charge on any atom is -0.484 e. The molecule has 0 aromatic heterocycles. The summed E-state index contributed by atoms with van der Waals surface area (Å²) in [6.45, 7) is 0.388. The molecule has 0 radical (unpaired) electrons. The van der Waals surface area contributed by atoms with E-state index in [2.05, 4.69) is 0 Å². The number of hydrogen-bond acceptors (Lipinski definition) is 2. The summed E-state index contributed by atoms with van der Waals surface area (Å²) in [4.78, 5) is 10.9. The lowest BCUT2D eigenvalue weighted by Crippen LogP contribution is -2.18. The molecular weight excluding hydrogens is 190 g/mol. The molecule has 0 aliphatic carbocycles. The van der Waals surface area contributed by atoms with Crippen LogP contribution >= 0.6 is 0 Å². The monoisotopic (exact) mass is 201 g/mol. The Bertz CT molecular complexity index is 432. The number of hydrogen-bond donors (Lipinski definition) is 1. The second-order valence-electron chi connectivity index (χ2n) is 3.21. The molecule has 0 unspecified atom stereocenters. The van der Waals surface area contributed by atoms with Gasteiger partial charge in [0.1, 0.15) is 6.61 Å². The minimum atomic E-state index is -0.531. The molecule has 0 atom stereocenters. The zero-order valence-electron chi connectivity index (χ0n) is 8.14. The molecule has 0 fully saturated rings. The van der Waals surface area contributed by atoms with Crippen molar-refractivity contribution in [3.05, 3.63) is 53.8 Å². The molecule has 0 bridgehead atoms. The Morgan fingerprint density at radius 3 is 2.67 bits per heavy atom. The highest BCUT2D eigenvalue weighted by atomic mass is 16.5. The van der Waals surface area contributed by atoms with Gasteiger partial charge in [0.25, 0.3) is 5.91 Å². The Morgan fingerprint density at radius 1 is 1.27 bits per heavy atom. The Balaban J connectivity index is 2.32. The molecular formula is C12H11NO2. The smallest absolute Gasteiger partial charge is 0.283 e. The van der Waals surface area contributed by atoms with Crippen LogP contribution in [0.1, 0.15) is 5.56 Å². The van der Waals surface area contributed by atoms with E-state index in [0.29, 0.717) is 6.61 Å². The number of primary amides is 1. The lowest BCUT2D eigenvalue weighted by atomic mass is 10.0. The molecule has 2 rings (SSSR count). The largest absolute Gasteiger partial charge is 0.484 e. The summed E-state index contributed by atoms with van der Waals surface area (Å²) in [6.07, 6.45) is 3.59. The van der Waals surface area contributed by atoms with E-state index in [1.807, 2.05) is 36.4 Å². The van der Waals surface area contributed by atoms with Crippen LogP contribution < -0.4 is 5.73 Å². The first-order valence-corrected chi connectivity index (χ1v) is 4.67. The topological polar surface area (TPSA) is 52.3 Å². The second kappa shape index (κ2) is 4.00. The number of carbonyl (C=O) groups excluding carboxylic acids is 1. The van der Waals surface area contributed by atoms with Crippen molar-refractivity contribution in [1.82, 2.24) is 0 Å². The van der Waals surface area contributed by atoms with Crippen LogP contribution in [-0.4, -0.2) is 12.5 Å². The van der Waals surface area contributed by atoms with Crippen LogP contribution in [0.3, 0.4) is 0 Å². The van der Waals surface area contributed by atoms with Crippen molar-refractivity contribution in [3.63, 3.8) is 0 Å². The number of rotatable bonds is 2. The average Bonchev–Trinajstić information content (AvgIpc) is 2.30. The second-order valence-corrected chi connectivity index (χ2v) is 3.21. The number of allylic oxidation sites excluding steroid dienone is 2. The first kappa shape index (κ1) is 9.52. The Labute approximate surface area is 87.9 Å². The van der Waals surface area contributed by atoms with E-state index in [0.717, 1.165) is 11.1 Å². The van der Waals surface area contributed by atoms with Crippen molar-refractivity contribution in [2.24, 2.45) is 5.73 Å². The van der Waals surface area contributed by atoms with Crippen LogP contribution in [0.5, 0.6) is 0 Å². The first-order chi connectivity index (χ1) is 7.27. The van der Waals surface area contributed by atoms with Gasteiger partial charge in [0.2, 0.25) is 0 Å². The van der Waals surface area contributed by atoms with Crippen LogP contribution in [0, 0.1) is 0 Å². The third-order valence-corrected chi connectivity index (χ3v) is 2.18. The molecule has 1 aromatic carbocycles. The summed E-state index contributed by atoms with van der Waals surface area (Å²) < 4.78 is 5.10. The van der Waals surface area contributed by atoms with E-state index >= 15 is 0 Å². The van der Waals surface area contributed by atoms with E-state index in [9.17, 15) is 4.79 Å². The number of ether oxygens (including phenoxy) is 1. The van der Waals surface area contributed by atoms with Gasteiger partial charge in [-0.3, -0.25) is 4.79 Å². The molecule has 15 heavy (non-hydrogen) atoms. The fourth-order valence-corrected chi connectivity index (χ4v) is 1.44. The molecule has 3 nitrogen and oxygen atoms in total. The average molecular weight is 201 g/mol. The van der Waals surface area contributed by atoms with Crippen LogP contribution in [0.15, 0.2) is 48.2 Å². The molecule has 1 aliphatic heterocycles.